The Morgan fingerprint density at radius 1 is 1.25 bits per heavy atom. The zero-order chi connectivity index (χ0) is 11.5. The Labute approximate surface area is 98.0 Å². The number of rotatable bonds is 4. The SMILES string of the molecule is COc1ccc(CNC2CCC2)c(C)c1C. The number of ether oxygens (including phenoxy) is 1. The van der Waals surface area contributed by atoms with E-state index in [1.807, 2.05) is 0 Å². The van der Waals surface area contributed by atoms with Gasteiger partial charge in [0.25, 0.3) is 0 Å². The smallest absolute Gasteiger partial charge is 0.122 e. The van der Waals surface area contributed by atoms with Crippen molar-refractivity contribution in [3.8, 4) is 5.75 Å². The predicted octanol–water partition coefficient (Wildman–Crippen LogP) is 2.95. The van der Waals surface area contributed by atoms with Crippen molar-refractivity contribution in [1.29, 1.82) is 0 Å². The van der Waals surface area contributed by atoms with Crippen LogP contribution in [0, 0.1) is 13.8 Å². The van der Waals surface area contributed by atoms with E-state index in [4.69, 9.17) is 4.74 Å². The molecule has 1 aliphatic rings. The third kappa shape index (κ3) is 2.22. The summed E-state index contributed by atoms with van der Waals surface area (Å²) in [5, 5.41) is 3.60. The van der Waals surface area contributed by atoms with E-state index in [-0.39, 0.29) is 0 Å². The Bertz CT molecular complexity index is 369. The minimum Gasteiger partial charge on any atom is -0.496 e. The molecule has 1 N–H and O–H groups in total. The van der Waals surface area contributed by atoms with Crippen LogP contribution in [0.4, 0.5) is 0 Å². The van der Waals surface area contributed by atoms with Gasteiger partial charge in [-0.3, -0.25) is 0 Å². The van der Waals surface area contributed by atoms with Crippen LogP contribution < -0.4 is 10.1 Å². The number of methoxy groups -OCH3 is 1. The predicted molar refractivity (Wildman–Crippen MR) is 66.9 cm³/mol. The third-order valence-corrected chi connectivity index (χ3v) is 3.76. The van der Waals surface area contributed by atoms with Crippen LogP contribution >= 0.6 is 0 Å². The topological polar surface area (TPSA) is 21.3 Å². The van der Waals surface area contributed by atoms with Gasteiger partial charge in [-0.1, -0.05) is 12.5 Å². The van der Waals surface area contributed by atoms with Crippen LogP contribution in [0.2, 0.25) is 0 Å². The summed E-state index contributed by atoms with van der Waals surface area (Å²) in [7, 11) is 1.73. The summed E-state index contributed by atoms with van der Waals surface area (Å²) in [4.78, 5) is 0. The van der Waals surface area contributed by atoms with Crippen LogP contribution in [-0.2, 0) is 6.54 Å². The summed E-state index contributed by atoms with van der Waals surface area (Å²) >= 11 is 0. The molecule has 0 radical (unpaired) electrons. The van der Waals surface area contributed by atoms with E-state index < -0.39 is 0 Å². The van der Waals surface area contributed by atoms with Gasteiger partial charge in [0.2, 0.25) is 0 Å². The molecule has 0 aliphatic heterocycles. The second kappa shape index (κ2) is 4.88. The first-order valence-corrected chi connectivity index (χ1v) is 6.09. The van der Waals surface area contributed by atoms with Gasteiger partial charge in [0.05, 0.1) is 7.11 Å². The standard InChI is InChI=1S/C14H21NO/c1-10-11(2)14(16-3)8-7-12(10)9-15-13-5-4-6-13/h7-8,13,15H,4-6,9H2,1-3H3. The Kier molecular flexibility index (Phi) is 3.49. The van der Waals surface area contributed by atoms with Crippen molar-refractivity contribution in [2.75, 3.05) is 7.11 Å². The van der Waals surface area contributed by atoms with Crippen LogP contribution in [0.5, 0.6) is 5.75 Å². The molecule has 0 spiro atoms. The van der Waals surface area contributed by atoms with Crippen molar-refractivity contribution < 1.29 is 4.74 Å². The molecule has 88 valence electrons. The number of hydrogen-bond donors (Lipinski definition) is 1. The molecule has 0 atom stereocenters. The van der Waals surface area contributed by atoms with E-state index in [0.717, 1.165) is 18.3 Å². The normalized spacial score (nSPS) is 15.9. The lowest BCUT2D eigenvalue weighted by Crippen LogP contribution is -2.34. The summed E-state index contributed by atoms with van der Waals surface area (Å²) in [6, 6.07) is 4.99. The molecule has 2 rings (SSSR count). The molecule has 0 aromatic heterocycles. The molecular weight excluding hydrogens is 198 g/mol. The van der Waals surface area contributed by atoms with Crippen molar-refractivity contribution in [2.24, 2.45) is 0 Å². The van der Waals surface area contributed by atoms with E-state index in [1.165, 1.54) is 36.0 Å². The second-order valence-corrected chi connectivity index (χ2v) is 4.69. The van der Waals surface area contributed by atoms with E-state index >= 15 is 0 Å². The molecule has 1 aromatic rings. The van der Waals surface area contributed by atoms with Gasteiger partial charge in [0.1, 0.15) is 5.75 Å². The van der Waals surface area contributed by atoms with Crippen molar-refractivity contribution >= 4 is 0 Å². The zero-order valence-corrected chi connectivity index (χ0v) is 10.5. The summed E-state index contributed by atoms with van der Waals surface area (Å²) in [6.07, 6.45) is 4.07. The fourth-order valence-electron chi connectivity index (χ4n) is 2.13. The average Bonchev–Trinajstić information content (AvgIpc) is 2.22. The van der Waals surface area contributed by atoms with Gasteiger partial charge in [-0.15, -0.1) is 0 Å². The highest BCUT2D eigenvalue weighted by Gasteiger charge is 2.16. The van der Waals surface area contributed by atoms with Gasteiger partial charge in [-0.05, 0) is 49.4 Å². The highest BCUT2D eigenvalue weighted by molar-refractivity contribution is 5.43. The van der Waals surface area contributed by atoms with Crippen molar-refractivity contribution in [2.45, 2.75) is 45.7 Å². The molecular formula is C14H21NO. The summed E-state index contributed by atoms with van der Waals surface area (Å²) in [5.41, 5.74) is 4.01. The highest BCUT2D eigenvalue weighted by Crippen LogP contribution is 2.25. The first-order chi connectivity index (χ1) is 7.72. The minimum absolute atomic E-state index is 0.752. The maximum Gasteiger partial charge on any atom is 0.122 e. The molecule has 1 saturated carbocycles. The first-order valence-electron chi connectivity index (χ1n) is 6.09. The lowest BCUT2D eigenvalue weighted by molar-refractivity contribution is 0.338. The average molecular weight is 219 g/mol. The number of nitrogens with one attached hydrogen (secondary N) is 1. The van der Waals surface area contributed by atoms with Gasteiger partial charge in [-0.25, -0.2) is 0 Å². The van der Waals surface area contributed by atoms with Gasteiger partial charge in [0, 0.05) is 12.6 Å². The molecule has 0 saturated heterocycles. The molecule has 0 bridgehead atoms. The highest BCUT2D eigenvalue weighted by atomic mass is 16.5. The van der Waals surface area contributed by atoms with Crippen LogP contribution in [0.1, 0.15) is 36.0 Å². The van der Waals surface area contributed by atoms with E-state index in [1.54, 1.807) is 7.11 Å². The van der Waals surface area contributed by atoms with Crippen molar-refractivity contribution in [3.63, 3.8) is 0 Å². The van der Waals surface area contributed by atoms with Crippen LogP contribution in [0.25, 0.3) is 0 Å². The Morgan fingerprint density at radius 3 is 2.56 bits per heavy atom. The molecule has 2 nitrogen and oxygen atoms in total. The largest absolute Gasteiger partial charge is 0.496 e. The molecule has 1 aliphatic carbocycles. The molecule has 0 heterocycles. The van der Waals surface area contributed by atoms with Gasteiger partial charge >= 0.3 is 0 Å². The number of benzene rings is 1. The van der Waals surface area contributed by atoms with Crippen molar-refractivity contribution in [3.05, 3.63) is 28.8 Å². The molecule has 2 heteroatoms. The molecule has 16 heavy (non-hydrogen) atoms. The first kappa shape index (κ1) is 11.5. The van der Waals surface area contributed by atoms with Gasteiger partial charge in [0.15, 0.2) is 0 Å². The Hall–Kier alpha value is -1.02. The van der Waals surface area contributed by atoms with E-state index in [0.29, 0.717) is 0 Å². The zero-order valence-electron chi connectivity index (χ0n) is 10.5. The monoisotopic (exact) mass is 219 g/mol. The summed E-state index contributed by atoms with van der Waals surface area (Å²) in [6.45, 7) is 5.29. The van der Waals surface area contributed by atoms with Crippen LogP contribution in [-0.4, -0.2) is 13.2 Å². The quantitative estimate of drug-likeness (QED) is 0.840. The Morgan fingerprint density at radius 2 is 2.00 bits per heavy atom. The van der Waals surface area contributed by atoms with Crippen LogP contribution in [0.3, 0.4) is 0 Å². The van der Waals surface area contributed by atoms with Crippen LogP contribution in [0.15, 0.2) is 12.1 Å². The van der Waals surface area contributed by atoms with E-state index in [9.17, 15) is 0 Å². The molecule has 0 amide bonds. The fourth-order valence-corrected chi connectivity index (χ4v) is 2.13. The van der Waals surface area contributed by atoms with Crippen molar-refractivity contribution in [1.82, 2.24) is 5.32 Å². The van der Waals surface area contributed by atoms with E-state index in [2.05, 4.69) is 31.3 Å². The third-order valence-electron chi connectivity index (χ3n) is 3.76. The summed E-state index contributed by atoms with van der Waals surface area (Å²) < 4.78 is 5.32. The lowest BCUT2D eigenvalue weighted by atomic mass is 9.92. The van der Waals surface area contributed by atoms with Gasteiger partial charge in [-0.2, -0.15) is 0 Å². The maximum absolute atomic E-state index is 5.32. The minimum atomic E-state index is 0.752. The second-order valence-electron chi connectivity index (χ2n) is 4.69. The lowest BCUT2D eigenvalue weighted by Gasteiger charge is -2.27. The maximum atomic E-state index is 5.32. The molecule has 1 aromatic carbocycles. The van der Waals surface area contributed by atoms with Gasteiger partial charge < -0.3 is 10.1 Å². The molecule has 1 fully saturated rings. The number of hydrogen-bond acceptors (Lipinski definition) is 2. The summed E-state index contributed by atoms with van der Waals surface area (Å²) in [5.74, 6) is 0.991. The Balaban J connectivity index is 2.05. The molecule has 0 unspecified atom stereocenters. The fraction of sp³-hybridized carbons (Fsp3) is 0.571.